The number of rotatable bonds is 8. The van der Waals surface area contributed by atoms with Gasteiger partial charge in [0.15, 0.2) is 11.0 Å². The Bertz CT molecular complexity index is 1780. The van der Waals surface area contributed by atoms with Gasteiger partial charge in [0.1, 0.15) is 27.5 Å². The molecule has 0 radical (unpaired) electrons. The van der Waals surface area contributed by atoms with Gasteiger partial charge in [0, 0.05) is 54.8 Å². The van der Waals surface area contributed by atoms with Crippen LogP contribution in [0, 0.1) is 5.92 Å². The third-order valence-corrected chi connectivity index (χ3v) is 9.34. The zero-order valence-corrected chi connectivity index (χ0v) is 24.9. The van der Waals surface area contributed by atoms with Crippen LogP contribution in [-0.2, 0) is 9.84 Å². The van der Waals surface area contributed by atoms with Gasteiger partial charge < -0.3 is 16.0 Å². The molecule has 3 N–H and O–H groups in total. The highest BCUT2D eigenvalue weighted by Gasteiger charge is 2.50. The predicted molar refractivity (Wildman–Crippen MR) is 159 cm³/mol. The number of nitrogens with one attached hydrogen (secondary N) is 1. The van der Waals surface area contributed by atoms with Crippen LogP contribution in [-0.4, -0.2) is 63.8 Å². The monoisotopic (exact) mass is 616 g/mol. The molecule has 42 heavy (non-hydrogen) atoms. The van der Waals surface area contributed by atoms with Gasteiger partial charge >= 0.3 is 0 Å². The molecule has 1 aliphatic carbocycles. The van der Waals surface area contributed by atoms with Crippen LogP contribution in [0.4, 0.5) is 26.1 Å². The van der Waals surface area contributed by atoms with Gasteiger partial charge in [-0.1, -0.05) is 31.5 Å². The fourth-order valence-corrected chi connectivity index (χ4v) is 6.95. The lowest BCUT2D eigenvalue weighted by molar-refractivity contribution is -0.126. The average Bonchev–Trinajstić information content (AvgIpc) is 3.29. The quantitative estimate of drug-likeness (QED) is 0.276. The molecular formula is C28H31ClF2N8O2S. The van der Waals surface area contributed by atoms with E-state index in [1.54, 1.807) is 18.5 Å². The molecule has 10 nitrogen and oxygen atoms in total. The molecular weight excluding hydrogens is 586 g/mol. The van der Waals surface area contributed by atoms with Crippen molar-refractivity contribution < 1.29 is 17.2 Å². The average molecular weight is 617 g/mol. The summed E-state index contributed by atoms with van der Waals surface area (Å²) in [7, 11) is -3.13. The molecule has 3 aromatic heterocycles. The van der Waals surface area contributed by atoms with Crippen molar-refractivity contribution in [3.63, 3.8) is 0 Å². The topological polar surface area (TPSA) is 132 Å². The summed E-state index contributed by atoms with van der Waals surface area (Å²) in [5, 5.41) is 9.25. The minimum Gasteiger partial charge on any atom is -0.355 e. The van der Waals surface area contributed by atoms with Gasteiger partial charge in [0.05, 0.1) is 17.5 Å². The Morgan fingerprint density at radius 2 is 1.98 bits per heavy atom. The van der Waals surface area contributed by atoms with Gasteiger partial charge in [-0.3, -0.25) is 4.68 Å². The number of aromatic nitrogens is 5. The van der Waals surface area contributed by atoms with E-state index in [2.05, 4.69) is 45.3 Å². The van der Waals surface area contributed by atoms with E-state index in [4.69, 9.17) is 17.3 Å². The first-order valence-electron chi connectivity index (χ1n) is 13.7. The summed E-state index contributed by atoms with van der Waals surface area (Å²) in [4.78, 5) is 15.5. The smallest absolute Gasteiger partial charge is 0.270 e. The second-order valence-corrected chi connectivity index (χ2v) is 14.0. The van der Waals surface area contributed by atoms with Crippen LogP contribution in [0.25, 0.3) is 22.2 Å². The zero-order valence-electron chi connectivity index (χ0n) is 23.3. The standard InChI is InChI=1S/C28H31ClF2N8O2S/c1-15(2)17-4-5-21(38-12-16(26(38)32)14-42(3,40)41)19-11-34-24(10-18(17)19)35-23-7-9-33-27(36-23)20-13-39(37-25(20)29)22-6-8-28(22,30)31/h4-5,7,9-11,13,15-16,22,26H,6,8,12,14,32H2,1-3H3,(H,33,34,35,36)/t16-,22?,26+/m1/s1. The normalized spacial score (nSPS) is 21.8. The highest BCUT2D eigenvalue weighted by atomic mass is 35.5. The number of halogens is 3. The van der Waals surface area contributed by atoms with Crippen LogP contribution in [0.5, 0.6) is 0 Å². The third-order valence-electron chi connectivity index (χ3n) is 8.03. The van der Waals surface area contributed by atoms with Crippen molar-refractivity contribution in [2.45, 2.75) is 50.7 Å². The molecule has 1 aromatic carbocycles. The van der Waals surface area contributed by atoms with E-state index in [0.29, 0.717) is 30.2 Å². The first-order chi connectivity index (χ1) is 19.8. The van der Waals surface area contributed by atoms with Gasteiger partial charge in [-0.15, -0.1) is 0 Å². The van der Waals surface area contributed by atoms with Crippen molar-refractivity contribution in [1.29, 1.82) is 0 Å². The molecule has 0 spiro atoms. The molecule has 0 bridgehead atoms. The molecule has 2 fully saturated rings. The second-order valence-electron chi connectivity index (χ2n) is 11.5. The number of sulfone groups is 1. The van der Waals surface area contributed by atoms with E-state index in [1.807, 2.05) is 17.0 Å². The number of alkyl halides is 2. The molecule has 1 saturated carbocycles. The maximum absolute atomic E-state index is 13.9. The number of hydrogen-bond acceptors (Lipinski definition) is 9. The second kappa shape index (κ2) is 10.4. The number of nitrogens with two attached hydrogens (primary N) is 1. The summed E-state index contributed by atoms with van der Waals surface area (Å²) >= 11 is 6.30. The molecule has 4 heterocycles. The lowest BCUT2D eigenvalue weighted by atomic mass is 9.88. The zero-order chi connectivity index (χ0) is 30.0. The van der Waals surface area contributed by atoms with Crippen molar-refractivity contribution >= 4 is 49.5 Å². The highest BCUT2D eigenvalue weighted by Crippen LogP contribution is 2.47. The van der Waals surface area contributed by atoms with Crippen LogP contribution < -0.4 is 16.0 Å². The van der Waals surface area contributed by atoms with E-state index in [0.717, 1.165) is 22.0 Å². The van der Waals surface area contributed by atoms with Crippen molar-refractivity contribution in [3.05, 3.63) is 53.6 Å². The maximum Gasteiger partial charge on any atom is 0.270 e. The molecule has 1 saturated heterocycles. The number of fused-ring (bicyclic) bond motifs is 1. The van der Waals surface area contributed by atoms with E-state index < -0.39 is 28.0 Å². The van der Waals surface area contributed by atoms with Crippen LogP contribution in [0.2, 0.25) is 5.15 Å². The molecule has 0 amide bonds. The maximum atomic E-state index is 13.9. The minimum absolute atomic E-state index is 0.0516. The third kappa shape index (κ3) is 5.29. The number of pyridine rings is 1. The summed E-state index contributed by atoms with van der Waals surface area (Å²) in [5.74, 6) is -1.42. The summed E-state index contributed by atoms with van der Waals surface area (Å²) in [6.45, 7) is 4.77. The first-order valence-corrected chi connectivity index (χ1v) is 16.1. The van der Waals surface area contributed by atoms with Crippen LogP contribution in [0.15, 0.2) is 42.9 Å². The Hall–Kier alpha value is -3.42. The Morgan fingerprint density at radius 3 is 2.62 bits per heavy atom. The Balaban J connectivity index is 1.28. The fraction of sp³-hybridized carbons (Fsp3) is 0.429. The molecule has 1 unspecified atom stereocenters. The number of hydrogen-bond donors (Lipinski definition) is 2. The van der Waals surface area contributed by atoms with Gasteiger partial charge in [-0.2, -0.15) is 5.10 Å². The molecule has 2 aliphatic rings. The summed E-state index contributed by atoms with van der Waals surface area (Å²) in [6, 6.07) is 6.68. The Morgan fingerprint density at radius 1 is 1.19 bits per heavy atom. The van der Waals surface area contributed by atoms with Crippen molar-refractivity contribution in [3.8, 4) is 11.4 Å². The minimum atomic E-state index is -3.13. The molecule has 6 rings (SSSR count). The largest absolute Gasteiger partial charge is 0.355 e. The molecule has 4 aromatic rings. The first kappa shape index (κ1) is 28.7. The molecule has 1 aliphatic heterocycles. The van der Waals surface area contributed by atoms with Crippen molar-refractivity contribution in [2.75, 3.05) is 28.8 Å². The highest BCUT2D eigenvalue weighted by molar-refractivity contribution is 7.90. The van der Waals surface area contributed by atoms with Gasteiger partial charge in [-0.05, 0) is 41.5 Å². The van der Waals surface area contributed by atoms with Crippen molar-refractivity contribution in [1.82, 2.24) is 24.7 Å². The van der Waals surface area contributed by atoms with E-state index >= 15 is 0 Å². The Kier molecular flexibility index (Phi) is 7.09. The van der Waals surface area contributed by atoms with Crippen LogP contribution in [0.3, 0.4) is 0 Å². The van der Waals surface area contributed by atoms with Crippen LogP contribution in [0.1, 0.15) is 44.2 Å². The summed E-state index contributed by atoms with van der Waals surface area (Å²) in [5.41, 5.74) is 8.79. The lowest BCUT2D eigenvalue weighted by Gasteiger charge is -2.47. The van der Waals surface area contributed by atoms with E-state index in [-0.39, 0.29) is 35.0 Å². The SMILES string of the molecule is CC(C)c1ccc(N2C[C@H](CS(C)(=O)=O)[C@H]2N)c2cnc(Nc3ccnc(-c4cn(C5CCC5(F)F)nc4Cl)n3)cc12. The molecule has 14 heteroatoms. The molecule has 3 atom stereocenters. The fourth-order valence-electron chi connectivity index (χ4n) is 5.65. The predicted octanol–water partition coefficient (Wildman–Crippen LogP) is 5.14. The number of benzene rings is 1. The van der Waals surface area contributed by atoms with E-state index in [1.165, 1.54) is 17.1 Å². The number of nitrogens with zero attached hydrogens (tertiary/aromatic N) is 6. The lowest BCUT2D eigenvalue weighted by Crippen LogP contribution is -2.63. The van der Waals surface area contributed by atoms with Gasteiger partial charge in [0.25, 0.3) is 5.92 Å². The Labute approximate surface area is 247 Å². The van der Waals surface area contributed by atoms with Crippen LogP contribution >= 0.6 is 11.6 Å². The molecule has 222 valence electrons. The summed E-state index contributed by atoms with van der Waals surface area (Å²) in [6.07, 6.45) is 5.76. The summed E-state index contributed by atoms with van der Waals surface area (Å²) < 4.78 is 52.6. The number of anilines is 3. The van der Waals surface area contributed by atoms with Gasteiger partial charge in [-0.25, -0.2) is 32.2 Å². The van der Waals surface area contributed by atoms with Crippen molar-refractivity contribution in [2.24, 2.45) is 11.7 Å². The van der Waals surface area contributed by atoms with E-state index in [9.17, 15) is 17.2 Å². The van der Waals surface area contributed by atoms with Gasteiger partial charge in [0.2, 0.25) is 0 Å².